The molecule has 38 heavy (non-hydrogen) atoms. The Hall–Kier alpha value is -3.78. The molecule has 0 bridgehead atoms. The Morgan fingerprint density at radius 3 is 2.21 bits per heavy atom. The average Bonchev–Trinajstić information content (AvgIpc) is 3.07. The number of nitrogens with zero attached hydrogens (tertiary/aromatic N) is 1. The number of aromatic carboxylic acids is 1. The third-order valence-corrected chi connectivity index (χ3v) is 7.04. The van der Waals surface area contributed by atoms with Gasteiger partial charge in [0.05, 0.1) is 21.8 Å². The van der Waals surface area contributed by atoms with Crippen molar-refractivity contribution in [3.05, 3.63) is 74.3 Å². The van der Waals surface area contributed by atoms with Gasteiger partial charge in [-0.2, -0.15) is 13.2 Å². The van der Waals surface area contributed by atoms with Crippen molar-refractivity contribution in [2.24, 2.45) is 7.05 Å². The number of carbonyl (C=O) groups is 3. The van der Waals surface area contributed by atoms with Crippen LogP contribution in [0.25, 0.3) is 22.2 Å². The molecule has 0 aliphatic carbocycles. The standard InChI is InChI=1S/C25H16ClF3IN3O5/c1-33-18-10-19(34)15(24(37)38)9-14(18)20(30)21(33)11-3-2-4-12(7-11)31-22(35)23(36)32-13-5-6-17(26)16(8-13)25(27,28)29/h2-10,34H,1H3,(H,31,35)(H,32,36)(H,37,38). The molecule has 3 aromatic carbocycles. The number of halogens is 5. The topological polar surface area (TPSA) is 121 Å². The molecular weight excluding hydrogens is 642 g/mol. The smallest absolute Gasteiger partial charge is 0.417 e. The number of anilines is 2. The molecule has 4 aromatic rings. The molecule has 0 saturated heterocycles. The summed E-state index contributed by atoms with van der Waals surface area (Å²) in [6.07, 6.45) is -4.74. The third-order valence-electron chi connectivity index (χ3n) is 5.62. The van der Waals surface area contributed by atoms with E-state index in [1.165, 1.54) is 18.2 Å². The summed E-state index contributed by atoms with van der Waals surface area (Å²) in [5.74, 6) is -3.97. The lowest BCUT2D eigenvalue weighted by atomic mass is 10.1. The van der Waals surface area contributed by atoms with Gasteiger partial charge in [-0.15, -0.1) is 0 Å². The quantitative estimate of drug-likeness (QED) is 0.156. The number of phenols is 1. The minimum atomic E-state index is -4.74. The van der Waals surface area contributed by atoms with E-state index in [2.05, 4.69) is 10.6 Å². The summed E-state index contributed by atoms with van der Waals surface area (Å²) < 4.78 is 41.6. The summed E-state index contributed by atoms with van der Waals surface area (Å²) >= 11 is 7.63. The number of carbonyl (C=O) groups excluding carboxylic acids is 2. The molecule has 1 heterocycles. The lowest BCUT2D eigenvalue weighted by Gasteiger charge is -2.12. The number of alkyl halides is 3. The minimum absolute atomic E-state index is 0.227. The number of carboxylic acid groups (broad SMARTS) is 1. The van der Waals surface area contributed by atoms with Crippen LogP contribution >= 0.6 is 34.2 Å². The van der Waals surface area contributed by atoms with Gasteiger partial charge in [0.2, 0.25) is 0 Å². The maximum Gasteiger partial charge on any atom is 0.417 e. The second-order valence-corrected chi connectivity index (χ2v) is 9.58. The van der Waals surface area contributed by atoms with Gasteiger partial charge in [0.25, 0.3) is 0 Å². The van der Waals surface area contributed by atoms with Gasteiger partial charge in [-0.1, -0.05) is 23.7 Å². The Labute approximate surface area is 231 Å². The van der Waals surface area contributed by atoms with Crippen molar-refractivity contribution in [1.82, 2.24) is 4.57 Å². The number of hydrogen-bond acceptors (Lipinski definition) is 4. The molecule has 0 unspecified atom stereocenters. The molecule has 1 aromatic heterocycles. The van der Waals surface area contributed by atoms with Gasteiger partial charge in [-0.25, -0.2) is 4.79 Å². The van der Waals surface area contributed by atoms with E-state index in [0.717, 1.165) is 12.1 Å². The number of fused-ring (bicyclic) bond motifs is 1. The van der Waals surface area contributed by atoms with Crippen LogP contribution in [0.3, 0.4) is 0 Å². The van der Waals surface area contributed by atoms with Gasteiger partial charge < -0.3 is 25.4 Å². The first-order valence-corrected chi connectivity index (χ1v) is 12.1. The predicted octanol–water partition coefficient (Wildman–Crippen LogP) is 6.10. The number of aryl methyl sites for hydroxylation is 1. The van der Waals surface area contributed by atoms with Gasteiger partial charge in [-0.05, 0) is 59.0 Å². The lowest BCUT2D eigenvalue weighted by molar-refractivity contribution is -0.137. The van der Waals surface area contributed by atoms with Gasteiger partial charge in [0.1, 0.15) is 11.3 Å². The summed E-state index contributed by atoms with van der Waals surface area (Å²) in [4.78, 5) is 36.2. The van der Waals surface area contributed by atoms with Crippen LogP contribution in [0, 0.1) is 3.57 Å². The van der Waals surface area contributed by atoms with Crippen molar-refractivity contribution >= 4 is 74.3 Å². The Balaban J connectivity index is 1.59. The van der Waals surface area contributed by atoms with E-state index in [-0.39, 0.29) is 22.7 Å². The van der Waals surface area contributed by atoms with Crippen LogP contribution in [0.15, 0.2) is 54.6 Å². The molecule has 8 nitrogen and oxygen atoms in total. The zero-order valence-electron chi connectivity index (χ0n) is 19.2. The van der Waals surface area contributed by atoms with Crippen LogP contribution < -0.4 is 10.6 Å². The average molecular weight is 658 g/mol. The normalized spacial score (nSPS) is 11.4. The number of benzene rings is 3. The molecule has 4 N–H and O–H groups in total. The van der Waals surface area contributed by atoms with Gasteiger partial charge in [0, 0.05) is 39.0 Å². The van der Waals surface area contributed by atoms with Crippen molar-refractivity contribution in [3.8, 4) is 17.0 Å². The van der Waals surface area contributed by atoms with E-state index in [0.29, 0.717) is 31.8 Å². The van der Waals surface area contributed by atoms with Crippen LogP contribution in [0.5, 0.6) is 5.75 Å². The second-order valence-electron chi connectivity index (χ2n) is 8.09. The lowest BCUT2D eigenvalue weighted by Crippen LogP contribution is -2.29. The fraction of sp³-hybridized carbons (Fsp3) is 0.0800. The Kier molecular flexibility index (Phi) is 7.30. The highest BCUT2D eigenvalue weighted by Crippen LogP contribution is 2.38. The van der Waals surface area contributed by atoms with Crippen molar-refractivity contribution in [1.29, 1.82) is 0 Å². The van der Waals surface area contributed by atoms with E-state index in [1.54, 1.807) is 29.8 Å². The number of hydrogen-bond donors (Lipinski definition) is 4. The van der Waals surface area contributed by atoms with Crippen LogP contribution in [0.4, 0.5) is 24.5 Å². The van der Waals surface area contributed by atoms with Crippen molar-refractivity contribution in [2.45, 2.75) is 6.18 Å². The van der Waals surface area contributed by atoms with Crippen LogP contribution in [-0.2, 0) is 22.8 Å². The predicted molar refractivity (Wildman–Crippen MR) is 143 cm³/mol. The second kappa shape index (κ2) is 10.2. The van der Waals surface area contributed by atoms with Crippen LogP contribution in [-0.4, -0.2) is 32.6 Å². The third kappa shape index (κ3) is 5.27. The van der Waals surface area contributed by atoms with E-state index >= 15 is 0 Å². The maximum atomic E-state index is 13.1. The molecule has 0 saturated carbocycles. The summed E-state index contributed by atoms with van der Waals surface area (Å²) in [5, 5.41) is 24.0. The molecule has 4 rings (SSSR count). The van der Waals surface area contributed by atoms with Gasteiger partial charge in [-0.3, -0.25) is 9.59 Å². The zero-order chi connectivity index (χ0) is 27.9. The minimum Gasteiger partial charge on any atom is -0.507 e. The highest BCUT2D eigenvalue weighted by molar-refractivity contribution is 14.1. The number of carboxylic acids is 1. The van der Waals surface area contributed by atoms with Crippen molar-refractivity contribution < 1.29 is 37.8 Å². The molecule has 0 aliphatic rings. The van der Waals surface area contributed by atoms with Gasteiger partial charge >= 0.3 is 24.0 Å². The largest absolute Gasteiger partial charge is 0.507 e. The molecule has 0 spiro atoms. The summed E-state index contributed by atoms with van der Waals surface area (Å²) in [7, 11) is 1.72. The Morgan fingerprint density at radius 2 is 1.61 bits per heavy atom. The van der Waals surface area contributed by atoms with E-state index in [1.807, 2.05) is 22.6 Å². The number of nitrogens with one attached hydrogen (secondary N) is 2. The fourth-order valence-electron chi connectivity index (χ4n) is 3.86. The number of aromatic nitrogens is 1. The fourth-order valence-corrected chi connectivity index (χ4v) is 5.19. The van der Waals surface area contributed by atoms with Gasteiger partial charge in [0.15, 0.2) is 0 Å². The monoisotopic (exact) mass is 657 g/mol. The molecular formula is C25H16ClF3IN3O5. The molecule has 2 amide bonds. The van der Waals surface area contributed by atoms with E-state index in [9.17, 15) is 37.8 Å². The molecule has 0 fully saturated rings. The first kappa shape index (κ1) is 27.3. The first-order chi connectivity index (χ1) is 17.8. The zero-order valence-corrected chi connectivity index (χ0v) is 22.1. The SMILES string of the molecule is Cn1c(-c2cccc(NC(=O)C(=O)Nc3ccc(Cl)c(C(F)(F)F)c3)c2)c(I)c2cc(C(=O)O)c(O)cc21. The Bertz CT molecular complexity index is 1640. The molecule has 196 valence electrons. The number of amides is 2. The van der Waals surface area contributed by atoms with Crippen molar-refractivity contribution in [2.75, 3.05) is 10.6 Å². The van der Waals surface area contributed by atoms with Crippen LogP contribution in [0.1, 0.15) is 15.9 Å². The molecule has 0 aliphatic heterocycles. The molecule has 0 radical (unpaired) electrons. The summed E-state index contributed by atoms with van der Waals surface area (Å²) in [5.41, 5.74) is 0.400. The number of aromatic hydroxyl groups is 1. The Morgan fingerprint density at radius 1 is 0.974 bits per heavy atom. The highest BCUT2D eigenvalue weighted by atomic mass is 127. The van der Waals surface area contributed by atoms with Crippen LogP contribution in [0.2, 0.25) is 5.02 Å². The van der Waals surface area contributed by atoms with E-state index in [4.69, 9.17) is 11.6 Å². The summed E-state index contributed by atoms with van der Waals surface area (Å²) in [6.45, 7) is 0. The molecule has 0 atom stereocenters. The van der Waals surface area contributed by atoms with E-state index < -0.39 is 34.5 Å². The maximum absolute atomic E-state index is 13.1. The molecule has 13 heteroatoms. The highest BCUT2D eigenvalue weighted by Gasteiger charge is 2.33. The summed E-state index contributed by atoms with van der Waals surface area (Å²) in [6, 6.07) is 11.9. The number of rotatable bonds is 4. The van der Waals surface area contributed by atoms with Crippen molar-refractivity contribution in [3.63, 3.8) is 0 Å². The first-order valence-electron chi connectivity index (χ1n) is 10.6.